The largest absolute Gasteiger partial charge is 0.458 e. The van der Waals surface area contributed by atoms with Gasteiger partial charge in [-0.25, -0.2) is 4.98 Å². The molecule has 3 rings (SSSR count). The molecule has 0 unspecified atom stereocenters. The molecule has 1 aliphatic heterocycles. The van der Waals surface area contributed by atoms with Crippen LogP contribution in [0.1, 0.15) is 64.5 Å². The van der Waals surface area contributed by atoms with Gasteiger partial charge in [0.05, 0.1) is 19.4 Å². The van der Waals surface area contributed by atoms with E-state index in [0.717, 1.165) is 25.7 Å². The number of rotatable bonds is 11. The van der Waals surface area contributed by atoms with Crippen LogP contribution in [0.5, 0.6) is 0 Å². The van der Waals surface area contributed by atoms with Gasteiger partial charge in [0.15, 0.2) is 22.6 Å². The number of terminal acetylenes is 1. The van der Waals surface area contributed by atoms with Gasteiger partial charge in [-0.1, -0.05) is 32.1 Å². The molecule has 0 saturated carbocycles. The van der Waals surface area contributed by atoms with E-state index < -0.39 is 36.6 Å². The molecular weight excluding hydrogens is 433 g/mol. The number of aromatic nitrogens is 4. The highest BCUT2D eigenvalue weighted by Crippen LogP contribution is 2.39. The first-order chi connectivity index (χ1) is 15.8. The van der Waals surface area contributed by atoms with Crippen LogP contribution in [0.15, 0.2) is 6.33 Å². The third-order valence-corrected chi connectivity index (χ3v) is 5.68. The van der Waals surface area contributed by atoms with Gasteiger partial charge in [-0.05, 0) is 6.42 Å². The molecule has 3 atom stereocenters. The first-order valence-electron chi connectivity index (χ1n) is 11.0. The van der Waals surface area contributed by atoms with Crippen LogP contribution < -0.4 is 5.73 Å². The Kier molecular flexibility index (Phi) is 7.94. The van der Waals surface area contributed by atoms with Crippen molar-refractivity contribution < 1.29 is 28.6 Å². The zero-order chi connectivity index (χ0) is 24.0. The molecule has 0 bridgehead atoms. The van der Waals surface area contributed by atoms with Crippen LogP contribution in [0, 0.1) is 18.4 Å². The Morgan fingerprint density at radius 2 is 2.15 bits per heavy atom. The number of fused-ring (bicyclic) bond motifs is 1. The first kappa shape index (κ1) is 24.5. The Hall–Kier alpha value is -3.10. The highest BCUT2D eigenvalue weighted by atomic mass is 19.1. The molecule has 0 aliphatic carbocycles. The Balaban J connectivity index is 1.67. The average molecular weight is 461 g/mol. The molecule has 0 radical (unpaired) electrons. The number of aliphatic hydroxyl groups excluding tert-OH is 1. The van der Waals surface area contributed by atoms with E-state index in [1.54, 1.807) is 0 Å². The Labute approximate surface area is 190 Å². The highest BCUT2D eigenvalue weighted by molar-refractivity contribution is 5.83. The van der Waals surface area contributed by atoms with Crippen LogP contribution in [0.2, 0.25) is 0 Å². The number of ether oxygens (including phenoxy) is 2. The lowest BCUT2D eigenvalue weighted by molar-refractivity contribution is -0.159. The van der Waals surface area contributed by atoms with Crippen LogP contribution in [0.3, 0.4) is 0 Å². The van der Waals surface area contributed by atoms with Crippen LogP contribution in [0.25, 0.3) is 11.2 Å². The molecule has 1 saturated heterocycles. The summed E-state index contributed by atoms with van der Waals surface area (Å²) in [4.78, 5) is 35.6. The molecular formula is C22H28FN5O5. The Bertz CT molecular complexity index is 1050. The van der Waals surface area contributed by atoms with Crippen molar-refractivity contribution in [3.8, 4) is 12.3 Å². The van der Waals surface area contributed by atoms with Crippen LogP contribution in [-0.4, -0.2) is 54.7 Å². The number of hydrogen-bond acceptors (Lipinski definition) is 9. The fourth-order valence-electron chi connectivity index (χ4n) is 3.82. The van der Waals surface area contributed by atoms with Crippen molar-refractivity contribution in [2.45, 2.75) is 76.2 Å². The number of nitrogens with two attached hydrogens (primary N) is 1. The first-order valence-corrected chi connectivity index (χ1v) is 11.0. The van der Waals surface area contributed by atoms with Gasteiger partial charge in [0.25, 0.3) is 0 Å². The molecule has 2 aromatic heterocycles. The molecule has 178 valence electrons. The van der Waals surface area contributed by atoms with E-state index in [4.69, 9.17) is 21.6 Å². The number of nitrogen functional groups attached to an aromatic ring is 1. The number of Topliss-reactive ketones (excluding diaryl/α,β-unsaturated/α-hetero) is 1. The number of unbranched alkanes of at least 4 members (excludes halogenated alkanes) is 3. The predicted octanol–water partition coefficient (Wildman–Crippen LogP) is 2.06. The van der Waals surface area contributed by atoms with E-state index in [1.165, 1.54) is 10.9 Å². The second-order valence-electron chi connectivity index (χ2n) is 8.03. The number of imidazole rings is 1. The quantitative estimate of drug-likeness (QED) is 0.222. The maximum absolute atomic E-state index is 13.7. The zero-order valence-corrected chi connectivity index (χ0v) is 18.5. The number of halogens is 1. The van der Waals surface area contributed by atoms with E-state index in [9.17, 15) is 19.1 Å². The number of nitrogens with zero attached hydrogens (tertiary/aromatic N) is 4. The molecule has 3 N–H and O–H groups in total. The molecule has 1 fully saturated rings. The lowest BCUT2D eigenvalue weighted by Gasteiger charge is -2.26. The summed E-state index contributed by atoms with van der Waals surface area (Å²) in [7, 11) is 0. The summed E-state index contributed by atoms with van der Waals surface area (Å²) in [6, 6.07) is 0. The van der Waals surface area contributed by atoms with Crippen molar-refractivity contribution in [2.24, 2.45) is 0 Å². The van der Waals surface area contributed by atoms with Gasteiger partial charge in [0.2, 0.25) is 0 Å². The number of hydrogen-bond donors (Lipinski definition) is 2. The molecule has 2 aromatic rings. The average Bonchev–Trinajstić information content (AvgIpc) is 3.37. The molecule has 10 nitrogen and oxygen atoms in total. The van der Waals surface area contributed by atoms with Crippen LogP contribution in [0.4, 0.5) is 10.2 Å². The van der Waals surface area contributed by atoms with Gasteiger partial charge >= 0.3 is 12.0 Å². The third kappa shape index (κ3) is 5.46. The molecule has 0 aromatic carbocycles. The van der Waals surface area contributed by atoms with Crippen molar-refractivity contribution in [1.29, 1.82) is 0 Å². The van der Waals surface area contributed by atoms with Crippen LogP contribution >= 0.6 is 0 Å². The zero-order valence-electron chi connectivity index (χ0n) is 18.5. The van der Waals surface area contributed by atoms with E-state index in [-0.39, 0.29) is 42.0 Å². The Morgan fingerprint density at radius 1 is 1.36 bits per heavy atom. The monoisotopic (exact) mass is 461 g/mol. The van der Waals surface area contributed by atoms with Crippen molar-refractivity contribution >= 4 is 28.7 Å². The summed E-state index contributed by atoms with van der Waals surface area (Å²) < 4.78 is 26.5. The second kappa shape index (κ2) is 10.7. The van der Waals surface area contributed by atoms with E-state index in [2.05, 4.69) is 27.8 Å². The second-order valence-corrected chi connectivity index (χ2v) is 8.03. The summed E-state index contributed by atoms with van der Waals surface area (Å²) >= 11 is 0. The molecule has 1 aliphatic rings. The van der Waals surface area contributed by atoms with Crippen molar-refractivity contribution in [1.82, 2.24) is 19.5 Å². The lowest BCUT2D eigenvalue weighted by Crippen LogP contribution is -2.44. The van der Waals surface area contributed by atoms with E-state index in [0.29, 0.717) is 6.42 Å². The fourth-order valence-corrected chi connectivity index (χ4v) is 3.82. The summed E-state index contributed by atoms with van der Waals surface area (Å²) in [5.74, 6) is 1.61. The summed E-state index contributed by atoms with van der Waals surface area (Å²) in [5.41, 5.74) is 4.33. The van der Waals surface area contributed by atoms with Crippen molar-refractivity contribution in [3.05, 3.63) is 12.4 Å². The maximum atomic E-state index is 13.7. The topological polar surface area (TPSA) is 142 Å². The predicted molar refractivity (Wildman–Crippen MR) is 116 cm³/mol. The van der Waals surface area contributed by atoms with Gasteiger partial charge in [0, 0.05) is 19.3 Å². The molecule has 0 spiro atoms. The minimum Gasteiger partial charge on any atom is -0.458 e. The Morgan fingerprint density at radius 3 is 2.85 bits per heavy atom. The minimum absolute atomic E-state index is 0.00171. The normalized spacial score (nSPS) is 22.4. The molecule has 11 heteroatoms. The number of esters is 1. The highest BCUT2D eigenvalue weighted by Gasteiger charge is 2.51. The molecule has 0 amide bonds. The van der Waals surface area contributed by atoms with Crippen molar-refractivity contribution in [3.63, 3.8) is 0 Å². The number of anilines is 1. The number of carbonyl (C=O) groups is 2. The van der Waals surface area contributed by atoms with Gasteiger partial charge in [-0.3, -0.25) is 14.2 Å². The summed E-state index contributed by atoms with van der Waals surface area (Å²) in [6.45, 7) is 1.47. The number of ketones is 1. The SMILES string of the molecule is C#C[C@]1(CO)O[C@@H](n2cnc3c(N)nc(F)nc32)C[C@@H]1OC(=O)CCC(=O)CCCCCC. The fraction of sp³-hybridized carbons (Fsp3) is 0.591. The maximum Gasteiger partial charge on any atom is 0.312 e. The molecule has 3 heterocycles. The van der Waals surface area contributed by atoms with E-state index in [1.807, 2.05) is 0 Å². The number of carbonyl (C=O) groups excluding carboxylic acids is 2. The van der Waals surface area contributed by atoms with E-state index >= 15 is 0 Å². The van der Waals surface area contributed by atoms with Gasteiger partial charge in [-0.2, -0.15) is 14.4 Å². The summed E-state index contributed by atoms with van der Waals surface area (Å²) in [6.07, 6.45) is 8.47. The third-order valence-electron chi connectivity index (χ3n) is 5.68. The smallest absolute Gasteiger partial charge is 0.312 e. The minimum atomic E-state index is -1.61. The van der Waals surface area contributed by atoms with Gasteiger partial charge in [0.1, 0.15) is 18.1 Å². The van der Waals surface area contributed by atoms with Gasteiger partial charge < -0.3 is 20.3 Å². The standard InChI is InChI=1S/C22H28FN5O5/c1-3-5-6-7-8-14(30)9-10-17(31)32-15-11-16(33-22(15,4-2)12-29)28-13-25-18-19(24)26-21(23)27-20(18)28/h2,13,15-16,29H,3,5-12H2,1H3,(H2,24,26,27)/t15-,16+,22+/m0/s1. The van der Waals surface area contributed by atoms with Crippen molar-refractivity contribution in [2.75, 3.05) is 12.3 Å². The molecule has 33 heavy (non-hydrogen) atoms. The lowest BCUT2D eigenvalue weighted by atomic mass is 9.98. The van der Waals surface area contributed by atoms with Crippen LogP contribution in [-0.2, 0) is 19.1 Å². The van der Waals surface area contributed by atoms with Gasteiger partial charge in [-0.15, -0.1) is 6.42 Å². The summed E-state index contributed by atoms with van der Waals surface area (Å²) in [5, 5.41) is 9.93. The number of aliphatic hydroxyl groups is 1.